The van der Waals surface area contributed by atoms with Gasteiger partial charge in [0.2, 0.25) is 5.76 Å². The normalized spacial score (nSPS) is 14.5. The molecule has 1 aromatic carbocycles. The van der Waals surface area contributed by atoms with Gasteiger partial charge in [-0.15, -0.1) is 13.2 Å². The Bertz CT molecular complexity index is 740. The molecule has 0 N–H and O–H groups in total. The lowest BCUT2D eigenvalue weighted by Crippen LogP contribution is -2.35. The fourth-order valence-corrected chi connectivity index (χ4v) is 2.58. The van der Waals surface area contributed by atoms with Gasteiger partial charge >= 0.3 is 6.36 Å². The SMILES string of the molecule is Cc1cc(C(=O)N2CCCc3cc(OC(F)(F)F)ccc32)on1. The van der Waals surface area contributed by atoms with Crippen LogP contribution >= 0.6 is 0 Å². The van der Waals surface area contributed by atoms with E-state index < -0.39 is 6.36 Å². The molecule has 0 fully saturated rings. The number of rotatable bonds is 2. The highest BCUT2D eigenvalue weighted by molar-refractivity contribution is 6.04. The van der Waals surface area contributed by atoms with Crippen molar-refractivity contribution in [1.29, 1.82) is 0 Å². The fraction of sp³-hybridized carbons (Fsp3) is 0.333. The van der Waals surface area contributed by atoms with E-state index in [2.05, 4.69) is 9.89 Å². The van der Waals surface area contributed by atoms with Crippen LogP contribution in [0.1, 0.15) is 28.2 Å². The van der Waals surface area contributed by atoms with E-state index in [1.165, 1.54) is 29.2 Å². The van der Waals surface area contributed by atoms with Gasteiger partial charge in [-0.3, -0.25) is 4.79 Å². The van der Waals surface area contributed by atoms with Crippen LogP contribution < -0.4 is 9.64 Å². The predicted octanol–water partition coefficient (Wildman–Crippen LogP) is 3.47. The molecule has 0 aliphatic carbocycles. The summed E-state index contributed by atoms with van der Waals surface area (Å²) < 4.78 is 45.8. The Labute approximate surface area is 129 Å². The third kappa shape index (κ3) is 3.30. The number of alkyl halides is 3. The molecule has 0 saturated carbocycles. The zero-order valence-electron chi connectivity index (χ0n) is 12.2. The number of anilines is 1. The number of hydrogen-bond acceptors (Lipinski definition) is 4. The van der Waals surface area contributed by atoms with E-state index in [0.29, 0.717) is 36.3 Å². The summed E-state index contributed by atoms with van der Waals surface area (Å²) in [6.07, 6.45) is -3.53. The number of amides is 1. The van der Waals surface area contributed by atoms with Crippen LogP contribution in [-0.4, -0.2) is 24.0 Å². The number of nitrogens with zero attached hydrogens (tertiary/aromatic N) is 2. The van der Waals surface area contributed by atoms with Gasteiger partial charge in [0.05, 0.1) is 5.69 Å². The molecule has 23 heavy (non-hydrogen) atoms. The number of ether oxygens (including phenoxy) is 1. The number of hydrogen-bond donors (Lipinski definition) is 0. The predicted molar refractivity (Wildman–Crippen MR) is 74.4 cm³/mol. The van der Waals surface area contributed by atoms with Crippen molar-refractivity contribution >= 4 is 11.6 Å². The first-order valence-corrected chi connectivity index (χ1v) is 6.97. The summed E-state index contributed by atoms with van der Waals surface area (Å²) in [5.41, 5.74) is 1.77. The zero-order chi connectivity index (χ0) is 16.6. The highest BCUT2D eigenvalue weighted by atomic mass is 19.4. The molecule has 2 heterocycles. The maximum absolute atomic E-state index is 12.5. The molecule has 0 spiro atoms. The highest BCUT2D eigenvalue weighted by Gasteiger charge is 2.32. The van der Waals surface area contributed by atoms with Crippen molar-refractivity contribution in [3.8, 4) is 5.75 Å². The molecule has 1 aliphatic rings. The number of halogens is 3. The van der Waals surface area contributed by atoms with Crippen molar-refractivity contribution in [3.63, 3.8) is 0 Å². The van der Waals surface area contributed by atoms with E-state index in [4.69, 9.17) is 4.52 Å². The van der Waals surface area contributed by atoms with E-state index in [9.17, 15) is 18.0 Å². The second-order valence-electron chi connectivity index (χ2n) is 5.23. The van der Waals surface area contributed by atoms with Crippen LogP contribution in [0.25, 0.3) is 0 Å². The lowest BCUT2D eigenvalue weighted by atomic mass is 10.0. The Morgan fingerprint density at radius 3 is 2.78 bits per heavy atom. The molecule has 2 aromatic rings. The summed E-state index contributed by atoms with van der Waals surface area (Å²) in [4.78, 5) is 14.0. The Hall–Kier alpha value is -2.51. The quantitative estimate of drug-likeness (QED) is 0.848. The van der Waals surface area contributed by atoms with Gasteiger partial charge in [-0.2, -0.15) is 0 Å². The first-order valence-electron chi connectivity index (χ1n) is 6.97. The molecule has 0 unspecified atom stereocenters. The van der Waals surface area contributed by atoms with Crippen molar-refractivity contribution in [3.05, 3.63) is 41.3 Å². The van der Waals surface area contributed by atoms with Crippen LogP contribution in [0.4, 0.5) is 18.9 Å². The van der Waals surface area contributed by atoms with Crippen LogP contribution in [0.3, 0.4) is 0 Å². The zero-order valence-corrected chi connectivity index (χ0v) is 12.2. The smallest absolute Gasteiger partial charge is 0.406 e. The van der Waals surface area contributed by atoms with Crippen LogP contribution in [0, 0.1) is 6.92 Å². The van der Waals surface area contributed by atoms with Gasteiger partial charge in [-0.25, -0.2) is 0 Å². The van der Waals surface area contributed by atoms with Gasteiger partial charge in [-0.1, -0.05) is 5.16 Å². The third-order valence-electron chi connectivity index (χ3n) is 3.49. The van der Waals surface area contributed by atoms with Crippen LogP contribution in [0.2, 0.25) is 0 Å². The number of carbonyl (C=O) groups is 1. The molecule has 8 heteroatoms. The van der Waals surface area contributed by atoms with Gasteiger partial charge in [-0.05, 0) is 43.5 Å². The first kappa shape index (κ1) is 15.4. The number of benzene rings is 1. The van der Waals surface area contributed by atoms with Crippen LogP contribution in [0.15, 0.2) is 28.8 Å². The molecule has 1 aromatic heterocycles. The second-order valence-corrected chi connectivity index (χ2v) is 5.23. The molecule has 3 rings (SSSR count). The minimum absolute atomic E-state index is 0.103. The second kappa shape index (κ2) is 5.60. The molecule has 122 valence electrons. The number of fused-ring (bicyclic) bond motifs is 1. The molecule has 0 atom stereocenters. The first-order chi connectivity index (χ1) is 10.8. The molecule has 0 radical (unpaired) electrons. The standard InChI is InChI=1S/C15H13F3N2O3/c1-9-7-13(23-19-9)14(21)20-6-2-3-10-8-11(4-5-12(10)20)22-15(16,17)18/h4-5,7-8H,2-3,6H2,1H3. The third-order valence-corrected chi connectivity index (χ3v) is 3.49. The van der Waals surface area contributed by atoms with E-state index in [1.807, 2.05) is 0 Å². The van der Waals surface area contributed by atoms with Gasteiger partial charge in [0.25, 0.3) is 5.91 Å². The average Bonchev–Trinajstić information content (AvgIpc) is 2.90. The molecular weight excluding hydrogens is 313 g/mol. The number of carbonyl (C=O) groups excluding carboxylic acids is 1. The Morgan fingerprint density at radius 1 is 1.35 bits per heavy atom. The summed E-state index contributed by atoms with van der Waals surface area (Å²) in [7, 11) is 0. The van der Waals surface area contributed by atoms with Crippen molar-refractivity contribution in [2.45, 2.75) is 26.1 Å². The minimum atomic E-state index is -4.74. The van der Waals surface area contributed by atoms with Crippen molar-refractivity contribution in [2.75, 3.05) is 11.4 Å². The lowest BCUT2D eigenvalue weighted by Gasteiger charge is -2.29. The summed E-state index contributed by atoms with van der Waals surface area (Å²) in [6, 6.07) is 5.49. The summed E-state index contributed by atoms with van der Waals surface area (Å²) in [5.74, 6) is -0.553. The Balaban J connectivity index is 1.89. The van der Waals surface area contributed by atoms with E-state index >= 15 is 0 Å². The molecule has 1 aliphatic heterocycles. The van der Waals surface area contributed by atoms with Gasteiger partial charge in [0.1, 0.15) is 5.75 Å². The van der Waals surface area contributed by atoms with Crippen molar-refractivity contribution in [2.24, 2.45) is 0 Å². The van der Waals surface area contributed by atoms with E-state index in [-0.39, 0.29) is 17.4 Å². The van der Waals surface area contributed by atoms with E-state index in [1.54, 1.807) is 6.92 Å². The Morgan fingerprint density at radius 2 is 2.13 bits per heavy atom. The summed E-state index contributed by atoms with van der Waals surface area (Å²) in [6.45, 7) is 2.16. The van der Waals surface area contributed by atoms with Gasteiger partial charge in [0.15, 0.2) is 0 Å². The van der Waals surface area contributed by atoms with Crippen molar-refractivity contribution < 1.29 is 27.2 Å². The lowest BCUT2D eigenvalue weighted by molar-refractivity contribution is -0.274. The highest BCUT2D eigenvalue weighted by Crippen LogP contribution is 2.33. The van der Waals surface area contributed by atoms with Gasteiger partial charge < -0.3 is 14.2 Å². The van der Waals surface area contributed by atoms with Crippen LogP contribution in [-0.2, 0) is 6.42 Å². The summed E-state index contributed by atoms with van der Waals surface area (Å²) >= 11 is 0. The van der Waals surface area contributed by atoms with Crippen LogP contribution in [0.5, 0.6) is 5.75 Å². The minimum Gasteiger partial charge on any atom is -0.406 e. The largest absolute Gasteiger partial charge is 0.573 e. The molecule has 0 saturated heterocycles. The molecule has 1 amide bonds. The Kier molecular flexibility index (Phi) is 3.75. The summed E-state index contributed by atoms with van der Waals surface area (Å²) in [5, 5.41) is 3.68. The topological polar surface area (TPSA) is 55.6 Å². The molecular formula is C15H13F3N2O3. The van der Waals surface area contributed by atoms with E-state index in [0.717, 1.165) is 0 Å². The molecule has 0 bridgehead atoms. The number of aryl methyl sites for hydroxylation is 2. The maximum atomic E-state index is 12.5. The van der Waals surface area contributed by atoms with Crippen molar-refractivity contribution in [1.82, 2.24) is 5.16 Å². The maximum Gasteiger partial charge on any atom is 0.573 e. The average molecular weight is 326 g/mol. The number of aromatic nitrogens is 1. The molecule has 5 nitrogen and oxygen atoms in total. The fourth-order valence-electron chi connectivity index (χ4n) is 2.58. The monoisotopic (exact) mass is 326 g/mol. The van der Waals surface area contributed by atoms with Gasteiger partial charge in [0, 0.05) is 18.3 Å².